The molecule has 2 aromatic carbocycles. The first-order valence-corrected chi connectivity index (χ1v) is 8.25. The molecule has 0 fully saturated rings. The average Bonchev–Trinajstić information content (AvgIpc) is 3.06. The van der Waals surface area contributed by atoms with E-state index >= 15 is 0 Å². The van der Waals surface area contributed by atoms with Crippen LogP contribution in [0.5, 0.6) is 11.5 Å². The zero-order chi connectivity index (χ0) is 17.8. The van der Waals surface area contributed by atoms with E-state index in [1.54, 1.807) is 18.2 Å². The van der Waals surface area contributed by atoms with Crippen LogP contribution in [0.4, 0.5) is 10.1 Å². The molecule has 1 heterocycles. The minimum absolute atomic E-state index is 0.0587. The second-order valence-electron chi connectivity index (χ2n) is 5.22. The highest BCUT2D eigenvalue weighted by molar-refractivity contribution is 9.10. The molecule has 0 aliphatic carbocycles. The molecule has 0 bridgehead atoms. The lowest BCUT2D eigenvalue weighted by Crippen LogP contribution is -2.28. The number of benzene rings is 2. The number of rotatable bonds is 5. The number of para-hydroxylation sites is 1. The van der Waals surface area contributed by atoms with Crippen LogP contribution in [0.15, 0.2) is 40.9 Å². The molecule has 0 aromatic heterocycles. The Balaban J connectivity index is 1.52. The van der Waals surface area contributed by atoms with Crippen LogP contribution in [-0.2, 0) is 4.79 Å². The van der Waals surface area contributed by atoms with E-state index < -0.39 is 11.7 Å². The van der Waals surface area contributed by atoms with Crippen molar-refractivity contribution in [2.75, 3.05) is 18.7 Å². The van der Waals surface area contributed by atoms with Crippen molar-refractivity contribution in [2.45, 2.75) is 6.42 Å². The first kappa shape index (κ1) is 17.2. The highest BCUT2D eigenvalue weighted by atomic mass is 79.9. The highest BCUT2D eigenvalue weighted by Crippen LogP contribution is 2.38. The summed E-state index contributed by atoms with van der Waals surface area (Å²) in [7, 11) is 0. The van der Waals surface area contributed by atoms with Crippen molar-refractivity contribution in [1.82, 2.24) is 5.32 Å². The molecule has 3 rings (SSSR count). The van der Waals surface area contributed by atoms with Crippen LogP contribution >= 0.6 is 15.9 Å². The van der Waals surface area contributed by atoms with Gasteiger partial charge in [-0.25, -0.2) is 4.39 Å². The van der Waals surface area contributed by atoms with Gasteiger partial charge in [-0.3, -0.25) is 9.59 Å². The van der Waals surface area contributed by atoms with Crippen LogP contribution in [0.1, 0.15) is 16.8 Å². The van der Waals surface area contributed by atoms with Gasteiger partial charge < -0.3 is 20.1 Å². The number of carbonyl (C=O) groups excluding carboxylic acids is 2. The molecule has 2 amide bonds. The fourth-order valence-electron chi connectivity index (χ4n) is 2.30. The Morgan fingerprint density at radius 1 is 1.20 bits per heavy atom. The van der Waals surface area contributed by atoms with Gasteiger partial charge in [-0.1, -0.05) is 6.07 Å². The number of ether oxygens (including phenoxy) is 2. The molecule has 6 nitrogen and oxygen atoms in total. The van der Waals surface area contributed by atoms with E-state index in [9.17, 15) is 14.0 Å². The Morgan fingerprint density at radius 3 is 2.88 bits per heavy atom. The lowest BCUT2D eigenvalue weighted by molar-refractivity contribution is -0.116. The van der Waals surface area contributed by atoms with E-state index in [1.807, 2.05) is 0 Å². The predicted molar refractivity (Wildman–Crippen MR) is 92.2 cm³/mol. The molecule has 2 N–H and O–H groups in total. The third kappa shape index (κ3) is 4.08. The summed E-state index contributed by atoms with van der Waals surface area (Å²) >= 11 is 3.19. The minimum Gasteiger partial charge on any atom is -0.454 e. The third-order valence-corrected chi connectivity index (χ3v) is 4.17. The van der Waals surface area contributed by atoms with Crippen LogP contribution in [0.25, 0.3) is 0 Å². The summed E-state index contributed by atoms with van der Waals surface area (Å²) in [5.41, 5.74) is 0.686. The van der Waals surface area contributed by atoms with Crippen LogP contribution in [0.3, 0.4) is 0 Å². The van der Waals surface area contributed by atoms with E-state index in [0.29, 0.717) is 21.7 Å². The minimum atomic E-state index is -0.508. The number of halogens is 2. The SMILES string of the molecule is O=C(CCNC(=O)c1cc(F)ccc1Br)Nc1cccc2c1OCO2. The number of carbonyl (C=O) groups is 2. The van der Waals surface area contributed by atoms with Gasteiger partial charge >= 0.3 is 0 Å². The zero-order valence-electron chi connectivity index (χ0n) is 13.0. The lowest BCUT2D eigenvalue weighted by Gasteiger charge is -2.09. The maximum atomic E-state index is 13.2. The highest BCUT2D eigenvalue weighted by Gasteiger charge is 2.18. The molecule has 0 unspecified atom stereocenters. The molecule has 2 aromatic rings. The van der Waals surface area contributed by atoms with Crippen molar-refractivity contribution >= 4 is 33.4 Å². The summed E-state index contributed by atoms with van der Waals surface area (Å²) in [6.07, 6.45) is 0.0587. The van der Waals surface area contributed by atoms with Gasteiger partial charge in [0.05, 0.1) is 11.3 Å². The Bertz CT molecular complexity index is 828. The van der Waals surface area contributed by atoms with Gasteiger partial charge in [-0.05, 0) is 46.3 Å². The number of hydrogen-bond donors (Lipinski definition) is 2. The van der Waals surface area contributed by atoms with Crippen molar-refractivity contribution in [2.24, 2.45) is 0 Å². The normalized spacial score (nSPS) is 11.9. The average molecular weight is 409 g/mol. The van der Waals surface area contributed by atoms with E-state index in [4.69, 9.17) is 9.47 Å². The van der Waals surface area contributed by atoms with Crippen LogP contribution in [-0.4, -0.2) is 25.2 Å². The summed E-state index contributed by atoms with van der Waals surface area (Å²) in [6.45, 7) is 0.223. The predicted octanol–water partition coefficient (Wildman–Crippen LogP) is 3.08. The van der Waals surface area contributed by atoms with Crippen LogP contribution in [0, 0.1) is 5.82 Å². The summed E-state index contributed by atoms with van der Waals surface area (Å²) in [5, 5.41) is 5.30. The lowest BCUT2D eigenvalue weighted by atomic mass is 10.2. The van der Waals surface area contributed by atoms with Crippen molar-refractivity contribution in [3.8, 4) is 11.5 Å². The zero-order valence-corrected chi connectivity index (χ0v) is 14.6. The van der Waals surface area contributed by atoms with Gasteiger partial charge in [-0.2, -0.15) is 0 Å². The van der Waals surface area contributed by atoms with Crippen LogP contribution < -0.4 is 20.1 Å². The largest absolute Gasteiger partial charge is 0.454 e. The summed E-state index contributed by atoms with van der Waals surface area (Å²) < 4.78 is 24.2. The van der Waals surface area contributed by atoms with Gasteiger partial charge in [0.15, 0.2) is 11.5 Å². The standard InChI is InChI=1S/C17H14BrFN2O4/c18-12-5-4-10(19)8-11(12)17(23)20-7-6-15(22)21-13-2-1-3-14-16(13)25-9-24-14/h1-5,8H,6-7,9H2,(H,20,23)(H,21,22). The first-order chi connectivity index (χ1) is 12.0. The first-order valence-electron chi connectivity index (χ1n) is 7.46. The van der Waals surface area contributed by atoms with Gasteiger partial charge in [0.25, 0.3) is 5.91 Å². The Hall–Kier alpha value is -2.61. The van der Waals surface area contributed by atoms with Crippen molar-refractivity contribution < 1.29 is 23.5 Å². The summed E-state index contributed by atoms with van der Waals surface area (Å²) in [5.74, 6) is -0.198. The fraction of sp³-hybridized carbons (Fsp3) is 0.176. The number of amides is 2. The van der Waals surface area contributed by atoms with Gasteiger partial charge in [0.2, 0.25) is 12.7 Å². The maximum absolute atomic E-state index is 13.2. The molecule has 25 heavy (non-hydrogen) atoms. The number of hydrogen-bond acceptors (Lipinski definition) is 4. The number of nitrogens with one attached hydrogen (secondary N) is 2. The molecule has 0 saturated carbocycles. The number of fused-ring (bicyclic) bond motifs is 1. The van der Waals surface area contributed by atoms with E-state index in [-0.39, 0.29) is 31.2 Å². The van der Waals surface area contributed by atoms with E-state index in [2.05, 4.69) is 26.6 Å². The second kappa shape index (κ2) is 7.52. The maximum Gasteiger partial charge on any atom is 0.252 e. The Kier molecular flexibility index (Phi) is 5.18. The fourth-order valence-corrected chi connectivity index (χ4v) is 2.72. The quantitative estimate of drug-likeness (QED) is 0.796. The van der Waals surface area contributed by atoms with Gasteiger partial charge in [0.1, 0.15) is 5.82 Å². The monoisotopic (exact) mass is 408 g/mol. The molecule has 0 saturated heterocycles. The van der Waals surface area contributed by atoms with Crippen molar-refractivity contribution in [3.05, 3.63) is 52.3 Å². The third-order valence-electron chi connectivity index (χ3n) is 3.48. The molecule has 8 heteroatoms. The number of anilines is 1. The smallest absolute Gasteiger partial charge is 0.252 e. The molecule has 0 atom stereocenters. The van der Waals surface area contributed by atoms with Crippen LogP contribution in [0.2, 0.25) is 0 Å². The molecular formula is C17H14BrFN2O4. The Morgan fingerprint density at radius 2 is 2.04 bits per heavy atom. The molecule has 130 valence electrons. The van der Waals surface area contributed by atoms with E-state index in [0.717, 1.165) is 6.07 Å². The molecular weight excluding hydrogens is 395 g/mol. The van der Waals surface area contributed by atoms with Crippen molar-refractivity contribution in [1.29, 1.82) is 0 Å². The summed E-state index contributed by atoms with van der Waals surface area (Å²) in [6, 6.07) is 9.02. The van der Waals surface area contributed by atoms with E-state index in [1.165, 1.54) is 12.1 Å². The topological polar surface area (TPSA) is 76.7 Å². The second-order valence-corrected chi connectivity index (χ2v) is 6.07. The van der Waals surface area contributed by atoms with Crippen molar-refractivity contribution in [3.63, 3.8) is 0 Å². The summed E-state index contributed by atoms with van der Waals surface area (Å²) in [4.78, 5) is 24.1. The molecule has 0 radical (unpaired) electrons. The molecule has 0 spiro atoms. The Labute approximate surface area is 151 Å². The molecule has 1 aliphatic rings. The van der Waals surface area contributed by atoms with Gasteiger partial charge in [0, 0.05) is 17.4 Å². The molecule has 1 aliphatic heterocycles. The van der Waals surface area contributed by atoms with Gasteiger partial charge in [-0.15, -0.1) is 0 Å².